The molecule has 0 radical (unpaired) electrons. The topological polar surface area (TPSA) is 61.3 Å². The molecule has 1 aliphatic carbocycles. The molecule has 180 valence electrons. The van der Waals surface area contributed by atoms with E-state index < -0.39 is 28.4 Å². The van der Waals surface area contributed by atoms with Crippen molar-refractivity contribution in [3.8, 4) is 11.4 Å². The molecule has 2 aromatic rings. The standard InChI is InChI=1S/C26H40N2O3Si2/c1-8-32(9-2,10-3)20-14-19-15-23(31-26(29)30-7)22-16-21(33(11-4,12-5)13-6)18-28-25(22)24(19)27-17-20/h14,16-18,23H,8-13,15H2,1-7H3. The molecule has 33 heavy (non-hydrogen) atoms. The van der Waals surface area contributed by atoms with Crippen LogP contribution in [0.15, 0.2) is 24.5 Å². The van der Waals surface area contributed by atoms with E-state index in [4.69, 9.17) is 19.4 Å². The second-order valence-electron chi connectivity index (χ2n) is 9.34. The second kappa shape index (κ2) is 10.5. The van der Waals surface area contributed by atoms with Crippen LogP contribution in [0, 0.1) is 0 Å². The van der Waals surface area contributed by atoms with Crippen LogP contribution in [0.1, 0.15) is 58.8 Å². The van der Waals surface area contributed by atoms with E-state index in [0.717, 1.165) is 22.5 Å². The lowest BCUT2D eigenvalue weighted by atomic mass is 9.90. The van der Waals surface area contributed by atoms with Crippen LogP contribution in [0.4, 0.5) is 4.79 Å². The Bertz CT molecular complexity index is 971. The van der Waals surface area contributed by atoms with Gasteiger partial charge < -0.3 is 9.47 Å². The highest BCUT2D eigenvalue weighted by Crippen LogP contribution is 2.38. The Labute approximate surface area is 201 Å². The van der Waals surface area contributed by atoms with Crippen molar-refractivity contribution >= 4 is 32.7 Å². The highest BCUT2D eigenvalue weighted by atomic mass is 28.3. The van der Waals surface area contributed by atoms with Crippen molar-refractivity contribution in [2.45, 2.75) is 90.3 Å². The Kier molecular flexibility index (Phi) is 8.16. The smallest absolute Gasteiger partial charge is 0.438 e. The lowest BCUT2D eigenvalue weighted by Crippen LogP contribution is -2.47. The van der Waals surface area contributed by atoms with E-state index in [2.05, 4.69) is 66.1 Å². The summed E-state index contributed by atoms with van der Waals surface area (Å²) in [5, 5.41) is 2.75. The number of pyridine rings is 2. The van der Waals surface area contributed by atoms with Gasteiger partial charge in [-0.3, -0.25) is 9.97 Å². The number of carbonyl (C=O) groups is 1. The molecule has 5 nitrogen and oxygen atoms in total. The molecule has 2 heterocycles. The lowest BCUT2D eigenvalue weighted by Gasteiger charge is -2.33. The Morgan fingerprint density at radius 2 is 1.33 bits per heavy atom. The summed E-state index contributed by atoms with van der Waals surface area (Å²) in [4.78, 5) is 22.1. The monoisotopic (exact) mass is 484 g/mol. The molecule has 7 heteroatoms. The maximum absolute atomic E-state index is 12.2. The zero-order valence-electron chi connectivity index (χ0n) is 21.5. The van der Waals surface area contributed by atoms with Crippen molar-refractivity contribution < 1.29 is 14.3 Å². The van der Waals surface area contributed by atoms with Gasteiger partial charge >= 0.3 is 6.16 Å². The fourth-order valence-electron chi connectivity index (χ4n) is 5.69. The van der Waals surface area contributed by atoms with Crippen molar-refractivity contribution in [3.05, 3.63) is 35.7 Å². The number of methoxy groups -OCH3 is 1. The second-order valence-corrected chi connectivity index (χ2v) is 19.9. The molecule has 0 fully saturated rings. The number of fused-ring (bicyclic) bond motifs is 3. The van der Waals surface area contributed by atoms with Crippen LogP contribution in [0.5, 0.6) is 0 Å². The fourth-order valence-corrected chi connectivity index (χ4v) is 12.8. The van der Waals surface area contributed by atoms with Crippen molar-refractivity contribution in [3.63, 3.8) is 0 Å². The lowest BCUT2D eigenvalue weighted by molar-refractivity contribution is 0.0359. The van der Waals surface area contributed by atoms with Gasteiger partial charge in [-0.15, -0.1) is 0 Å². The third-order valence-electron chi connectivity index (χ3n) is 8.55. The summed E-state index contributed by atoms with van der Waals surface area (Å²) in [6.07, 6.45) is 3.75. The summed E-state index contributed by atoms with van der Waals surface area (Å²) < 4.78 is 10.7. The van der Waals surface area contributed by atoms with Crippen molar-refractivity contribution in [2.75, 3.05) is 7.11 Å². The number of nitrogens with zero attached hydrogens (tertiary/aromatic N) is 2. The molecule has 0 saturated carbocycles. The number of rotatable bonds is 9. The van der Waals surface area contributed by atoms with Crippen LogP contribution in [0.2, 0.25) is 36.3 Å². The van der Waals surface area contributed by atoms with Crippen LogP contribution >= 0.6 is 0 Å². The molecule has 0 aliphatic heterocycles. The average molecular weight is 485 g/mol. The van der Waals surface area contributed by atoms with Gasteiger partial charge in [0.05, 0.1) is 34.6 Å². The van der Waals surface area contributed by atoms with E-state index in [1.54, 1.807) is 0 Å². The quantitative estimate of drug-likeness (QED) is 0.325. The molecule has 0 amide bonds. The molecule has 0 bridgehead atoms. The normalized spacial score (nSPS) is 15.5. The number of hydrogen-bond donors (Lipinski definition) is 0. The molecule has 1 unspecified atom stereocenters. The summed E-state index contributed by atoms with van der Waals surface area (Å²) >= 11 is 0. The molecule has 1 aliphatic rings. The molecule has 0 aromatic carbocycles. The molecule has 3 rings (SSSR count). The maximum Gasteiger partial charge on any atom is 0.508 e. The summed E-state index contributed by atoms with van der Waals surface area (Å²) in [5.74, 6) is 0. The first-order chi connectivity index (χ1) is 15.9. The summed E-state index contributed by atoms with van der Waals surface area (Å²) in [6, 6.07) is 11.8. The van der Waals surface area contributed by atoms with E-state index in [1.165, 1.54) is 53.7 Å². The van der Waals surface area contributed by atoms with Gasteiger partial charge in [0.15, 0.2) is 0 Å². The Balaban J connectivity index is 2.17. The van der Waals surface area contributed by atoms with E-state index in [0.29, 0.717) is 6.42 Å². The van der Waals surface area contributed by atoms with E-state index in [-0.39, 0.29) is 0 Å². The predicted octanol–water partition coefficient (Wildman–Crippen LogP) is 5.95. The minimum absolute atomic E-state index is 0.400. The molecular formula is C26H40N2O3Si2. The predicted molar refractivity (Wildman–Crippen MR) is 141 cm³/mol. The fraction of sp³-hybridized carbons (Fsp3) is 0.577. The molecule has 0 saturated heterocycles. The zero-order chi connectivity index (χ0) is 24.2. The van der Waals surface area contributed by atoms with Crippen LogP contribution in [0.3, 0.4) is 0 Å². The average Bonchev–Trinajstić information content (AvgIpc) is 2.86. The SMILES string of the molecule is CC[Si](CC)(CC)c1cnc2c(c1)CC(OC(=O)OC)c1cc([Si](CC)(CC)CC)cnc1-2. The summed E-state index contributed by atoms with van der Waals surface area (Å²) in [7, 11) is -1.82. The third-order valence-corrected chi connectivity index (χ3v) is 19.7. The van der Waals surface area contributed by atoms with Gasteiger partial charge in [0, 0.05) is 24.4 Å². The molecule has 1 atom stereocenters. The number of hydrogen-bond acceptors (Lipinski definition) is 5. The van der Waals surface area contributed by atoms with Gasteiger partial charge in [0.25, 0.3) is 0 Å². The van der Waals surface area contributed by atoms with Gasteiger partial charge in [-0.2, -0.15) is 0 Å². The van der Waals surface area contributed by atoms with Crippen LogP contribution in [-0.2, 0) is 15.9 Å². The zero-order valence-corrected chi connectivity index (χ0v) is 23.5. The maximum atomic E-state index is 12.2. The summed E-state index contributed by atoms with van der Waals surface area (Å²) in [6.45, 7) is 13.8. The minimum atomic E-state index is -1.62. The third kappa shape index (κ3) is 4.54. The molecule has 2 aromatic heterocycles. The van der Waals surface area contributed by atoms with Gasteiger partial charge in [-0.25, -0.2) is 4.79 Å². The van der Waals surface area contributed by atoms with Crippen LogP contribution in [-0.4, -0.2) is 39.4 Å². The van der Waals surface area contributed by atoms with Gasteiger partial charge in [-0.05, 0) is 15.9 Å². The first-order valence-electron chi connectivity index (χ1n) is 12.6. The first-order valence-corrected chi connectivity index (χ1v) is 17.9. The van der Waals surface area contributed by atoms with E-state index in [1.807, 2.05) is 0 Å². The Morgan fingerprint density at radius 1 is 0.848 bits per heavy atom. The number of carbonyl (C=O) groups excluding carboxylic acids is 1. The number of ether oxygens (including phenoxy) is 2. The van der Waals surface area contributed by atoms with E-state index >= 15 is 0 Å². The Morgan fingerprint density at radius 3 is 1.82 bits per heavy atom. The van der Waals surface area contributed by atoms with Crippen LogP contribution in [0.25, 0.3) is 11.4 Å². The van der Waals surface area contributed by atoms with Crippen molar-refractivity contribution in [1.29, 1.82) is 0 Å². The van der Waals surface area contributed by atoms with E-state index in [9.17, 15) is 4.79 Å². The minimum Gasteiger partial charge on any atom is -0.438 e. The van der Waals surface area contributed by atoms with Gasteiger partial charge in [0.1, 0.15) is 6.10 Å². The largest absolute Gasteiger partial charge is 0.508 e. The Hall–Kier alpha value is -2.00. The van der Waals surface area contributed by atoms with Gasteiger partial charge in [-0.1, -0.05) is 89.9 Å². The highest BCUT2D eigenvalue weighted by Gasteiger charge is 2.36. The molecular weight excluding hydrogens is 444 g/mol. The van der Waals surface area contributed by atoms with Crippen LogP contribution < -0.4 is 10.4 Å². The molecule has 0 spiro atoms. The number of aromatic nitrogens is 2. The van der Waals surface area contributed by atoms with Crippen molar-refractivity contribution in [1.82, 2.24) is 9.97 Å². The summed E-state index contributed by atoms with van der Waals surface area (Å²) in [5.41, 5.74) is 3.89. The highest BCUT2D eigenvalue weighted by molar-refractivity contribution is 6.92. The first kappa shape index (κ1) is 25.6. The molecule has 0 N–H and O–H groups in total. The van der Waals surface area contributed by atoms with Crippen molar-refractivity contribution in [2.24, 2.45) is 0 Å². The van der Waals surface area contributed by atoms with Gasteiger partial charge in [0.2, 0.25) is 0 Å².